The van der Waals surface area contributed by atoms with E-state index in [-0.39, 0.29) is 5.75 Å². The van der Waals surface area contributed by atoms with Gasteiger partial charge in [-0.05, 0) is 31.0 Å². The Labute approximate surface area is 126 Å². The molecule has 1 heterocycles. The van der Waals surface area contributed by atoms with Gasteiger partial charge >= 0.3 is 0 Å². The number of hydrogen-bond acceptors (Lipinski definition) is 3. The van der Waals surface area contributed by atoms with Crippen LogP contribution in [0.25, 0.3) is 0 Å². The number of rotatable bonds is 5. The summed E-state index contributed by atoms with van der Waals surface area (Å²) >= 11 is 5.86. The molecule has 0 unspecified atom stereocenters. The number of nitrogens with zero attached hydrogens (tertiary/aromatic N) is 2. The van der Waals surface area contributed by atoms with Crippen LogP contribution in [-0.2, 0) is 16.4 Å². The average molecular weight is 317 g/mol. The van der Waals surface area contributed by atoms with Crippen LogP contribution in [-0.4, -0.2) is 56.1 Å². The summed E-state index contributed by atoms with van der Waals surface area (Å²) in [5.41, 5.74) is 1.26. The van der Waals surface area contributed by atoms with E-state index in [9.17, 15) is 8.42 Å². The zero-order valence-electron chi connectivity index (χ0n) is 11.8. The van der Waals surface area contributed by atoms with Crippen molar-refractivity contribution in [3.05, 3.63) is 34.9 Å². The molecule has 0 spiro atoms. The van der Waals surface area contributed by atoms with Gasteiger partial charge < -0.3 is 4.90 Å². The molecule has 1 aromatic carbocycles. The largest absolute Gasteiger partial charge is 0.300 e. The first-order chi connectivity index (χ1) is 9.51. The third-order valence-corrected chi connectivity index (χ3v) is 5.85. The highest BCUT2D eigenvalue weighted by molar-refractivity contribution is 7.89. The van der Waals surface area contributed by atoms with Gasteiger partial charge in [-0.1, -0.05) is 23.7 Å². The van der Waals surface area contributed by atoms with Crippen molar-refractivity contribution in [2.24, 2.45) is 0 Å². The second-order valence-electron chi connectivity index (χ2n) is 5.02. The second kappa shape index (κ2) is 6.89. The van der Waals surface area contributed by atoms with Crippen molar-refractivity contribution >= 4 is 21.6 Å². The average Bonchev–Trinajstić information content (AvgIpc) is 2.47. The van der Waals surface area contributed by atoms with Crippen LogP contribution in [0.3, 0.4) is 0 Å². The lowest BCUT2D eigenvalue weighted by atomic mass is 10.1. The summed E-state index contributed by atoms with van der Waals surface area (Å²) in [5.74, 6) is 0.192. The molecule has 4 nitrogen and oxygen atoms in total. The lowest BCUT2D eigenvalue weighted by Gasteiger charge is -2.33. The van der Waals surface area contributed by atoms with Crippen LogP contribution in [0, 0.1) is 0 Å². The molecule has 0 atom stereocenters. The molecule has 1 fully saturated rings. The number of halogens is 1. The normalized spacial score (nSPS) is 18.3. The van der Waals surface area contributed by atoms with Crippen LogP contribution in [0.5, 0.6) is 0 Å². The summed E-state index contributed by atoms with van der Waals surface area (Å²) in [5, 5.41) is 0.757. The van der Waals surface area contributed by atoms with Crippen molar-refractivity contribution in [1.29, 1.82) is 0 Å². The fourth-order valence-corrected chi connectivity index (χ4v) is 3.56. The van der Waals surface area contributed by atoms with Crippen LogP contribution in [0.4, 0.5) is 0 Å². The molecule has 0 aromatic heterocycles. The quantitative estimate of drug-likeness (QED) is 0.832. The van der Waals surface area contributed by atoms with Crippen molar-refractivity contribution in [3.8, 4) is 0 Å². The number of benzene rings is 1. The Bertz CT molecular complexity index is 523. The van der Waals surface area contributed by atoms with Crippen LogP contribution in [0.15, 0.2) is 24.3 Å². The maximum Gasteiger partial charge on any atom is 0.213 e. The molecule has 0 radical (unpaired) electrons. The number of piperazine rings is 1. The summed E-state index contributed by atoms with van der Waals surface area (Å²) in [4.78, 5) is 2.32. The lowest BCUT2D eigenvalue weighted by molar-refractivity contribution is 0.190. The van der Waals surface area contributed by atoms with Crippen LogP contribution in [0.2, 0.25) is 5.02 Å². The predicted molar refractivity (Wildman–Crippen MR) is 82.6 cm³/mol. The van der Waals surface area contributed by atoms with Gasteiger partial charge in [-0.25, -0.2) is 8.42 Å². The Morgan fingerprint density at radius 1 is 1.10 bits per heavy atom. The van der Waals surface area contributed by atoms with E-state index in [4.69, 9.17) is 11.6 Å². The molecule has 0 saturated carbocycles. The van der Waals surface area contributed by atoms with Crippen LogP contribution < -0.4 is 0 Å². The molecule has 1 aromatic rings. The summed E-state index contributed by atoms with van der Waals surface area (Å²) in [7, 11) is -3.02. The van der Waals surface area contributed by atoms with Gasteiger partial charge in [0.25, 0.3) is 0 Å². The van der Waals surface area contributed by atoms with E-state index < -0.39 is 10.0 Å². The first kappa shape index (κ1) is 15.8. The van der Waals surface area contributed by atoms with E-state index in [1.54, 1.807) is 11.2 Å². The van der Waals surface area contributed by atoms with Gasteiger partial charge in [0.1, 0.15) is 0 Å². The van der Waals surface area contributed by atoms with Gasteiger partial charge in [-0.15, -0.1) is 0 Å². The SMILES string of the molecule is CCS(=O)(=O)N1CCN(CCc2ccc(Cl)cc2)CC1. The maximum absolute atomic E-state index is 11.8. The molecule has 112 valence electrons. The van der Waals surface area contributed by atoms with Crippen molar-refractivity contribution in [2.75, 3.05) is 38.5 Å². The van der Waals surface area contributed by atoms with E-state index in [1.165, 1.54) is 5.56 Å². The Balaban J connectivity index is 1.79. The molecule has 1 aliphatic rings. The number of sulfonamides is 1. The van der Waals surface area contributed by atoms with Gasteiger partial charge in [0.05, 0.1) is 5.75 Å². The molecule has 1 aliphatic heterocycles. The minimum absolute atomic E-state index is 0.192. The first-order valence-electron chi connectivity index (χ1n) is 6.96. The molecule has 6 heteroatoms. The maximum atomic E-state index is 11.8. The Kier molecular flexibility index (Phi) is 5.43. The minimum Gasteiger partial charge on any atom is -0.300 e. The summed E-state index contributed by atoms with van der Waals surface area (Å²) in [6.07, 6.45) is 0.970. The topological polar surface area (TPSA) is 40.6 Å². The van der Waals surface area contributed by atoms with Crippen molar-refractivity contribution in [1.82, 2.24) is 9.21 Å². The minimum atomic E-state index is -3.02. The zero-order valence-corrected chi connectivity index (χ0v) is 13.3. The van der Waals surface area contributed by atoms with Gasteiger partial charge in [0.15, 0.2) is 0 Å². The molecule has 20 heavy (non-hydrogen) atoms. The van der Waals surface area contributed by atoms with Crippen LogP contribution >= 0.6 is 11.6 Å². The Morgan fingerprint density at radius 2 is 1.70 bits per heavy atom. The molecule has 0 N–H and O–H groups in total. The van der Waals surface area contributed by atoms with E-state index in [0.29, 0.717) is 13.1 Å². The van der Waals surface area contributed by atoms with Gasteiger partial charge in [-0.3, -0.25) is 0 Å². The predicted octanol–water partition coefficient (Wildman–Crippen LogP) is 1.85. The van der Waals surface area contributed by atoms with E-state index in [1.807, 2.05) is 24.3 Å². The second-order valence-corrected chi connectivity index (χ2v) is 7.71. The highest BCUT2D eigenvalue weighted by Crippen LogP contribution is 2.12. The zero-order chi connectivity index (χ0) is 14.6. The third kappa shape index (κ3) is 4.19. The molecular weight excluding hydrogens is 296 g/mol. The van der Waals surface area contributed by atoms with Crippen molar-refractivity contribution in [2.45, 2.75) is 13.3 Å². The fraction of sp³-hybridized carbons (Fsp3) is 0.571. The smallest absolute Gasteiger partial charge is 0.213 e. The molecule has 0 amide bonds. The van der Waals surface area contributed by atoms with Gasteiger partial charge in [0.2, 0.25) is 10.0 Å². The lowest BCUT2D eigenvalue weighted by Crippen LogP contribution is -2.49. The van der Waals surface area contributed by atoms with Crippen molar-refractivity contribution < 1.29 is 8.42 Å². The van der Waals surface area contributed by atoms with Crippen molar-refractivity contribution in [3.63, 3.8) is 0 Å². The first-order valence-corrected chi connectivity index (χ1v) is 8.94. The highest BCUT2D eigenvalue weighted by Gasteiger charge is 2.24. The highest BCUT2D eigenvalue weighted by atomic mass is 35.5. The number of hydrogen-bond donors (Lipinski definition) is 0. The molecule has 1 saturated heterocycles. The van der Waals surface area contributed by atoms with E-state index in [2.05, 4.69) is 4.90 Å². The molecular formula is C14H21ClN2O2S. The molecule has 0 aliphatic carbocycles. The third-order valence-electron chi connectivity index (χ3n) is 3.72. The van der Waals surface area contributed by atoms with E-state index >= 15 is 0 Å². The van der Waals surface area contributed by atoms with E-state index in [0.717, 1.165) is 31.1 Å². The molecule has 2 rings (SSSR count). The van der Waals surface area contributed by atoms with Crippen LogP contribution in [0.1, 0.15) is 12.5 Å². The summed E-state index contributed by atoms with van der Waals surface area (Å²) in [6.45, 7) is 5.50. The molecule has 0 bridgehead atoms. The standard InChI is InChI=1S/C14H21ClN2O2S/c1-2-20(18,19)17-11-9-16(10-12-17)8-7-13-3-5-14(15)6-4-13/h3-6H,2,7-12H2,1H3. The Morgan fingerprint density at radius 3 is 2.25 bits per heavy atom. The monoisotopic (exact) mass is 316 g/mol. The van der Waals surface area contributed by atoms with Gasteiger partial charge in [-0.2, -0.15) is 4.31 Å². The Hall–Kier alpha value is -0.620. The summed E-state index contributed by atoms with van der Waals surface area (Å²) in [6, 6.07) is 7.89. The van der Waals surface area contributed by atoms with Gasteiger partial charge in [0, 0.05) is 37.7 Å². The fourth-order valence-electron chi connectivity index (χ4n) is 2.35. The summed E-state index contributed by atoms with van der Waals surface area (Å²) < 4.78 is 25.1.